The van der Waals surface area contributed by atoms with E-state index in [4.69, 9.17) is 9.47 Å². The van der Waals surface area contributed by atoms with E-state index < -0.39 is 11.9 Å². The molecule has 0 aliphatic rings. The Balaban J connectivity index is 2.24. The summed E-state index contributed by atoms with van der Waals surface area (Å²) in [7, 11) is 3.15. The van der Waals surface area contributed by atoms with Crippen molar-refractivity contribution in [3.05, 3.63) is 22.6 Å². The molecule has 0 saturated carbocycles. The predicted molar refractivity (Wildman–Crippen MR) is 93.6 cm³/mol. The number of rotatable bonds is 9. The van der Waals surface area contributed by atoms with Gasteiger partial charge in [0.25, 0.3) is 0 Å². The average Bonchev–Trinajstić information content (AvgIpc) is 2.99. The zero-order valence-electron chi connectivity index (χ0n) is 14.1. The van der Waals surface area contributed by atoms with Crippen LogP contribution in [0.1, 0.15) is 41.8 Å². The summed E-state index contributed by atoms with van der Waals surface area (Å²) in [6, 6.07) is 5.62. The van der Waals surface area contributed by atoms with Crippen molar-refractivity contribution >= 4 is 35.9 Å². The van der Waals surface area contributed by atoms with Crippen molar-refractivity contribution in [2.24, 2.45) is 5.92 Å². The molecule has 1 aromatic heterocycles. The predicted octanol–water partition coefficient (Wildman–Crippen LogP) is 3.38. The minimum atomic E-state index is -0.885. The standard InChI is InChI=1S/C18H22O5Se/c1-4-5-6-11(18(20)21)7-13(19)17-9-12-8-14(22-2)15(23-3)10-16(12)24-17/h8-11H,4-7H2,1-3H3,(H,20,21). The van der Waals surface area contributed by atoms with Crippen molar-refractivity contribution in [3.8, 4) is 11.5 Å². The molecule has 1 N–H and O–H groups in total. The van der Waals surface area contributed by atoms with Gasteiger partial charge in [-0.25, -0.2) is 0 Å². The van der Waals surface area contributed by atoms with Gasteiger partial charge in [0.05, 0.1) is 0 Å². The van der Waals surface area contributed by atoms with E-state index in [2.05, 4.69) is 0 Å². The summed E-state index contributed by atoms with van der Waals surface area (Å²) in [5.74, 6) is -0.270. The molecule has 0 radical (unpaired) electrons. The molecule has 0 bridgehead atoms. The first-order chi connectivity index (χ1) is 11.5. The molecule has 24 heavy (non-hydrogen) atoms. The van der Waals surface area contributed by atoms with E-state index in [0.717, 1.165) is 26.9 Å². The van der Waals surface area contributed by atoms with Crippen LogP contribution in [0.25, 0.3) is 9.65 Å². The van der Waals surface area contributed by atoms with Gasteiger partial charge in [-0.3, -0.25) is 0 Å². The molecular formula is C18H22O5Se. The van der Waals surface area contributed by atoms with Crippen LogP contribution in [0.5, 0.6) is 11.5 Å². The zero-order valence-corrected chi connectivity index (χ0v) is 15.8. The van der Waals surface area contributed by atoms with Crippen molar-refractivity contribution < 1.29 is 24.2 Å². The molecule has 2 rings (SSSR count). The molecule has 1 atom stereocenters. The number of benzene rings is 1. The number of Topliss-reactive ketones (excluding diaryl/α,β-unsaturated/α-hetero) is 1. The number of methoxy groups -OCH3 is 2. The van der Waals surface area contributed by atoms with E-state index in [9.17, 15) is 14.7 Å². The van der Waals surface area contributed by atoms with Gasteiger partial charge in [0.2, 0.25) is 0 Å². The van der Waals surface area contributed by atoms with Crippen molar-refractivity contribution in [1.29, 1.82) is 0 Å². The number of hydrogen-bond acceptors (Lipinski definition) is 4. The van der Waals surface area contributed by atoms with Crippen LogP contribution in [0.2, 0.25) is 0 Å². The Morgan fingerprint density at radius 2 is 1.83 bits per heavy atom. The van der Waals surface area contributed by atoms with Gasteiger partial charge < -0.3 is 0 Å². The zero-order chi connectivity index (χ0) is 17.7. The fourth-order valence-electron chi connectivity index (χ4n) is 2.59. The Labute approximate surface area is 147 Å². The maximum absolute atomic E-state index is 12.5. The maximum atomic E-state index is 12.5. The molecule has 0 saturated heterocycles. The Morgan fingerprint density at radius 3 is 2.42 bits per heavy atom. The summed E-state index contributed by atoms with van der Waals surface area (Å²) >= 11 is -0.125. The first kappa shape index (κ1) is 18.6. The van der Waals surface area contributed by atoms with Crippen molar-refractivity contribution in [1.82, 2.24) is 0 Å². The van der Waals surface area contributed by atoms with Crippen LogP contribution >= 0.6 is 0 Å². The van der Waals surface area contributed by atoms with Gasteiger partial charge in [0, 0.05) is 0 Å². The third kappa shape index (κ3) is 4.19. The summed E-state index contributed by atoms with van der Waals surface area (Å²) in [6.45, 7) is 2.01. The summed E-state index contributed by atoms with van der Waals surface area (Å²) in [5.41, 5.74) is 0. The molecule has 1 unspecified atom stereocenters. The quantitative estimate of drug-likeness (QED) is 0.519. The Morgan fingerprint density at radius 1 is 1.17 bits per heavy atom. The number of hydrogen-bond donors (Lipinski definition) is 1. The summed E-state index contributed by atoms with van der Waals surface area (Å²) in [5, 5.41) is 10.3. The number of aliphatic carboxylic acids is 1. The fourth-order valence-corrected chi connectivity index (χ4v) is 4.74. The summed E-state index contributed by atoms with van der Waals surface area (Å²) < 4.78 is 12.4. The molecule has 0 aliphatic carbocycles. The first-order valence-electron chi connectivity index (χ1n) is 7.91. The topological polar surface area (TPSA) is 72.8 Å². The van der Waals surface area contributed by atoms with Gasteiger partial charge in [0.15, 0.2) is 0 Å². The van der Waals surface area contributed by atoms with Crippen LogP contribution < -0.4 is 9.47 Å². The van der Waals surface area contributed by atoms with E-state index >= 15 is 0 Å². The number of carbonyl (C=O) groups excluding carboxylic acids is 1. The molecule has 130 valence electrons. The molecule has 1 aromatic carbocycles. The second-order valence-corrected chi connectivity index (χ2v) is 7.93. The number of unbranched alkanes of at least 4 members (excludes halogenated alkanes) is 1. The monoisotopic (exact) mass is 398 g/mol. The number of fused-ring (bicyclic) bond motifs is 1. The van der Waals surface area contributed by atoms with Gasteiger partial charge >= 0.3 is 147 Å². The SMILES string of the molecule is CCCCC(CC(=O)c1cc2cc(OC)c(OC)cc2[se]1)C(=O)O. The first-order valence-corrected chi connectivity index (χ1v) is 9.63. The minimum absolute atomic E-state index is 0.0624. The number of carboxylic acid groups (broad SMARTS) is 1. The molecule has 2 aromatic rings. The van der Waals surface area contributed by atoms with Gasteiger partial charge in [-0.05, 0) is 0 Å². The van der Waals surface area contributed by atoms with Gasteiger partial charge in [-0.2, -0.15) is 0 Å². The van der Waals surface area contributed by atoms with Gasteiger partial charge in [0.1, 0.15) is 0 Å². The molecule has 5 nitrogen and oxygen atoms in total. The Bertz CT molecular complexity index is 693. The van der Waals surface area contributed by atoms with Crippen LogP contribution in [0.4, 0.5) is 0 Å². The van der Waals surface area contributed by atoms with Crippen molar-refractivity contribution in [2.75, 3.05) is 14.2 Å². The van der Waals surface area contributed by atoms with E-state index in [1.54, 1.807) is 14.2 Å². The Hall–Kier alpha value is -1.78. The fraction of sp³-hybridized carbons (Fsp3) is 0.444. The molecule has 0 spiro atoms. The van der Waals surface area contributed by atoms with Crippen LogP contribution in [0, 0.1) is 5.92 Å². The van der Waals surface area contributed by atoms with Crippen LogP contribution in [-0.2, 0) is 4.79 Å². The van der Waals surface area contributed by atoms with Crippen LogP contribution in [-0.4, -0.2) is 45.6 Å². The molecule has 0 aliphatic heterocycles. The van der Waals surface area contributed by atoms with E-state index in [1.165, 1.54) is 0 Å². The number of carboxylic acids is 1. The molecule has 0 fully saturated rings. The third-order valence-corrected chi connectivity index (χ3v) is 6.37. The normalized spacial score (nSPS) is 12.1. The van der Waals surface area contributed by atoms with Crippen molar-refractivity contribution in [3.63, 3.8) is 0 Å². The second kappa shape index (κ2) is 8.36. The van der Waals surface area contributed by atoms with E-state index in [0.29, 0.717) is 17.9 Å². The van der Waals surface area contributed by atoms with E-state index in [-0.39, 0.29) is 26.7 Å². The summed E-state index contributed by atoms with van der Waals surface area (Å²) in [4.78, 5) is 23.9. The summed E-state index contributed by atoms with van der Waals surface area (Å²) in [6.07, 6.45) is 2.37. The van der Waals surface area contributed by atoms with E-state index in [1.807, 2.05) is 25.1 Å². The molecular weight excluding hydrogens is 375 g/mol. The van der Waals surface area contributed by atoms with Crippen LogP contribution in [0.15, 0.2) is 18.2 Å². The van der Waals surface area contributed by atoms with Crippen LogP contribution in [0.3, 0.4) is 0 Å². The average molecular weight is 397 g/mol. The molecule has 1 heterocycles. The van der Waals surface area contributed by atoms with Gasteiger partial charge in [-0.1, -0.05) is 0 Å². The van der Waals surface area contributed by atoms with Crippen molar-refractivity contribution in [2.45, 2.75) is 32.6 Å². The molecule has 6 heteroatoms. The molecule has 0 amide bonds. The third-order valence-electron chi connectivity index (χ3n) is 3.98. The number of carbonyl (C=O) groups is 2. The Kier molecular flexibility index (Phi) is 6.46. The number of ketones is 1. The second-order valence-electron chi connectivity index (χ2n) is 5.66. The van der Waals surface area contributed by atoms with Gasteiger partial charge in [-0.15, -0.1) is 0 Å². The number of ether oxygens (including phenoxy) is 2.